The van der Waals surface area contributed by atoms with Crippen LogP contribution in [0.3, 0.4) is 0 Å². The molecule has 0 fully saturated rings. The molecule has 1 aromatic carbocycles. The van der Waals surface area contributed by atoms with Crippen molar-refractivity contribution in [2.45, 2.75) is 41.0 Å². The maximum atomic E-state index is 11.3. The molecule has 21 heavy (non-hydrogen) atoms. The van der Waals surface area contributed by atoms with Gasteiger partial charge in [-0.1, -0.05) is 58.0 Å². The quantitative estimate of drug-likeness (QED) is 0.668. The molecule has 116 valence electrons. The van der Waals surface area contributed by atoms with Crippen molar-refractivity contribution in [3.63, 3.8) is 0 Å². The van der Waals surface area contributed by atoms with Crippen LogP contribution < -0.4 is 4.90 Å². The zero-order valence-electron chi connectivity index (χ0n) is 14.3. The van der Waals surface area contributed by atoms with E-state index in [-0.39, 0.29) is 11.7 Å². The number of carbonyl (C=O) groups is 1. The van der Waals surface area contributed by atoms with Crippen molar-refractivity contribution in [2.75, 3.05) is 11.9 Å². The Kier molecular flexibility index (Phi) is 9.95. The van der Waals surface area contributed by atoms with E-state index in [1.54, 1.807) is 6.92 Å². The third kappa shape index (κ3) is 6.94. The Morgan fingerprint density at radius 1 is 1.24 bits per heavy atom. The monoisotopic (exact) mass is 287 g/mol. The Labute approximate surface area is 130 Å². The summed E-state index contributed by atoms with van der Waals surface area (Å²) in [4.78, 5) is 13.4. The fourth-order valence-corrected chi connectivity index (χ4v) is 1.71. The van der Waals surface area contributed by atoms with Gasteiger partial charge >= 0.3 is 0 Å². The number of benzene rings is 1. The Bertz CT molecular complexity index is 460. The van der Waals surface area contributed by atoms with Gasteiger partial charge in [0, 0.05) is 24.4 Å². The van der Waals surface area contributed by atoms with Crippen molar-refractivity contribution < 1.29 is 4.79 Å². The first kappa shape index (κ1) is 19.2. The van der Waals surface area contributed by atoms with Crippen LogP contribution in [0, 0.1) is 5.92 Å². The topological polar surface area (TPSA) is 20.3 Å². The van der Waals surface area contributed by atoms with E-state index < -0.39 is 0 Å². The highest BCUT2D eigenvalue weighted by Gasteiger charge is 2.06. The predicted molar refractivity (Wildman–Crippen MR) is 93.6 cm³/mol. The molecule has 0 spiro atoms. The molecule has 1 atom stereocenters. The lowest BCUT2D eigenvalue weighted by molar-refractivity contribution is -0.118. The number of nitrogens with zero attached hydrogens (tertiary/aromatic N) is 1. The average Bonchev–Trinajstić information content (AvgIpc) is 2.53. The van der Waals surface area contributed by atoms with Crippen molar-refractivity contribution in [1.82, 2.24) is 0 Å². The van der Waals surface area contributed by atoms with Crippen LogP contribution in [0.1, 0.15) is 41.0 Å². The van der Waals surface area contributed by atoms with Crippen molar-refractivity contribution in [3.05, 3.63) is 54.3 Å². The summed E-state index contributed by atoms with van der Waals surface area (Å²) in [6, 6.07) is 10.2. The zero-order chi connectivity index (χ0) is 16.3. The first-order valence-corrected chi connectivity index (χ1v) is 7.73. The molecule has 0 bridgehead atoms. The van der Waals surface area contributed by atoms with Crippen molar-refractivity contribution in [1.29, 1.82) is 0 Å². The van der Waals surface area contributed by atoms with E-state index in [1.165, 1.54) is 0 Å². The molecule has 1 rings (SSSR count). The van der Waals surface area contributed by atoms with Crippen LogP contribution >= 0.6 is 0 Å². The number of rotatable bonds is 6. The molecule has 0 aliphatic heterocycles. The summed E-state index contributed by atoms with van der Waals surface area (Å²) in [5.74, 6) is 0.152. The molecular formula is C19H29NO. The molecule has 1 aromatic rings. The summed E-state index contributed by atoms with van der Waals surface area (Å²) in [6.07, 6.45) is 7.12. The summed E-state index contributed by atoms with van der Waals surface area (Å²) in [5, 5.41) is 0. The van der Waals surface area contributed by atoms with Gasteiger partial charge in [0.05, 0.1) is 0 Å². The van der Waals surface area contributed by atoms with Gasteiger partial charge < -0.3 is 4.90 Å². The van der Waals surface area contributed by atoms with Crippen molar-refractivity contribution in [2.24, 2.45) is 5.92 Å². The number of hydrogen-bond acceptors (Lipinski definition) is 2. The number of Topliss-reactive ketones (excluding diaryl/α,β-unsaturated/α-hetero) is 1. The highest BCUT2D eigenvalue weighted by Crippen LogP contribution is 2.18. The molecule has 2 nitrogen and oxygen atoms in total. The summed E-state index contributed by atoms with van der Waals surface area (Å²) in [5.41, 5.74) is 2.25. The molecule has 0 heterocycles. The number of anilines is 1. The highest BCUT2D eigenvalue weighted by molar-refractivity contribution is 5.79. The fraction of sp³-hybridized carbons (Fsp3) is 0.421. The first-order chi connectivity index (χ1) is 10.1. The number of carbonyl (C=O) groups excluding carboxylic acids is 1. The Balaban J connectivity index is 0.00000191. The van der Waals surface area contributed by atoms with E-state index in [0.717, 1.165) is 17.8 Å². The van der Waals surface area contributed by atoms with E-state index in [0.29, 0.717) is 0 Å². The molecule has 0 aliphatic rings. The fourth-order valence-electron chi connectivity index (χ4n) is 1.71. The lowest BCUT2D eigenvalue weighted by Gasteiger charge is -2.21. The second-order valence-corrected chi connectivity index (χ2v) is 4.69. The van der Waals surface area contributed by atoms with Crippen molar-refractivity contribution in [3.8, 4) is 0 Å². The van der Waals surface area contributed by atoms with Gasteiger partial charge in [0.25, 0.3) is 0 Å². The smallest absolute Gasteiger partial charge is 0.136 e. The van der Waals surface area contributed by atoms with Crippen LogP contribution in [0.15, 0.2) is 54.3 Å². The molecule has 0 radical (unpaired) electrons. The zero-order valence-corrected chi connectivity index (χ0v) is 14.3. The minimum atomic E-state index is -0.0376. The number of ketones is 1. The third-order valence-electron chi connectivity index (χ3n) is 3.14. The number of hydrogen-bond donors (Lipinski definition) is 0. The molecule has 0 N–H and O–H groups in total. The van der Waals surface area contributed by atoms with Gasteiger partial charge in [-0.25, -0.2) is 0 Å². The predicted octanol–water partition coefficient (Wildman–Crippen LogP) is 5.22. The lowest BCUT2D eigenvalue weighted by atomic mass is 10.1. The van der Waals surface area contributed by atoms with Crippen LogP contribution in [-0.2, 0) is 4.79 Å². The number of allylic oxidation sites excluding steroid dienone is 3. The summed E-state index contributed by atoms with van der Waals surface area (Å²) < 4.78 is 0. The Morgan fingerprint density at radius 3 is 2.29 bits per heavy atom. The van der Waals surface area contributed by atoms with Gasteiger partial charge in [-0.15, -0.1) is 0 Å². The molecular weight excluding hydrogens is 258 g/mol. The second kappa shape index (κ2) is 10.9. The van der Waals surface area contributed by atoms with Crippen LogP contribution in [0.4, 0.5) is 5.69 Å². The second-order valence-electron chi connectivity index (χ2n) is 4.69. The van der Waals surface area contributed by atoms with E-state index in [1.807, 2.05) is 58.2 Å². The average molecular weight is 287 g/mol. The van der Waals surface area contributed by atoms with Gasteiger partial charge in [0.1, 0.15) is 5.78 Å². The molecule has 1 unspecified atom stereocenters. The Hall–Kier alpha value is -1.83. The van der Waals surface area contributed by atoms with Crippen molar-refractivity contribution >= 4 is 11.5 Å². The summed E-state index contributed by atoms with van der Waals surface area (Å²) in [6.45, 7) is 9.66. The number of likely N-dealkylation sites (N-methyl/N-ethyl adjacent to an activating group) is 1. The number of para-hydroxylation sites is 1. The lowest BCUT2D eigenvalue weighted by Crippen LogP contribution is -2.15. The highest BCUT2D eigenvalue weighted by atomic mass is 16.1. The Morgan fingerprint density at radius 2 is 1.81 bits per heavy atom. The third-order valence-corrected chi connectivity index (χ3v) is 3.14. The van der Waals surface area contributed by atoms with Gasteiger partial charge in [0.15, 0.2) is 0 Å². The minimum absolute atomic E-state index is 0.0376. The van der Waals surface area contributed by atoms with E-state index in [4.69, 9.17) is 0 Å². The normalized spacial score (nSPS) is 12.6. The van der Waals surface area contributed by atoms with E-state index in [9.17, 15) is 4.79 Å². The van der Waals surface area contributed by atoms with E-state index in [2.05, 4.69) is 30.0 Å². The maximum Gasteiger partial charge on any atom is 0.136 e. The van der Waals surface area contributed by atoms with Gasteiger partial charge in [0.2, 0.25) is 0 Å². The molecule has 0 aliphatic carbocycles. The van der Waals surface area contributed by atoms with Gasteiger partial charge in [-0.2, -0.15) is 0 Å². The van der Waals surface area contributed by atoms with Crippen LogP contribution in [-0.4, -0.2) is 12.8 Å². The van der Waals surface area contributed by atoms with Crippen LogP contribution in [0.5, 0.6) is 0 Å². The molecule has 2 heteroatoms. The van der Waals surface area contributed by atoms with E-state index >= 15 is 0 Å². The van der Waals surface area contributed by atoms with Crippen LogP contribution in [0.25, 0.3) is 0 Å². The SMILES string of the molecule is CC.CC/C=C(\C=C/C(C)C(C)=O)N(C)c1ccccc1. The van der Waals surface area contributed by atoms with Gasteiger partial charge in [-0.05, 0) is 31.6 Å². The molecule has 0 aromatic heterocycles. The summed E-state index contributed by atoms with van der Waals surface area (Å²) >= 11 is 0. The first-order valence-electron chi connectivity index (χ1n) is 7.73. The largest absolute Gasteiger partial charge is 0.345 e. The molecule has 0 saturated heterocycles. The summed E-state index contributed by atoms with van der Waals surface area (Å²) in [7, 11) is 2.04. The van der Waals surface area contributed by atoms with Gasteiger partial charge in [-0.3, -0.25) is 4.79 Å². The minimum Gasteiger partial charge on any atom is -0.345 e. The maximum absolute atomic E-state index is 11.3. The standard InChI is InChI=1S/C17H23NO.C2H6/c1-5-9-16(13-12-14(2)15(3)19)18(4)17-10-7-6-8-11-17;1-2/h6-14H,5H2,1-4H3;1-2H3/b13-12-,16-9+;. The molecule has 0 saturated carbocycles. The van der Waals surface area contributed by atoms with Crippen LogP contribution in [0.2, 0.25) is 0 Å². The molecule has 0 amide bonds.